The van der Waals surface area contributed by atoms with Crippen LogP contribution in [-0.4, -0.2) is 38.4 Å². The number of hydrogen-bond donors (Lipinski definition) is 0. The van der Waals surface area contributed by atoms with Crippen molar-refractivity contribution in [1.82, 2.24) is 4.31 Å². The van der Waals surface area contributed by atoms with Gasteiger partial charge >= 0.3 is 5.97 Å². The lowest BCUT2D eigenvalue weighted by atomic mass is 10.2. The predicted octanol–water partition coefficient (Wildman–Crippen LogP) is 0.543. The van der Waals surface area contributed by atoms with Gasteiger partial charge < -0.3 is 4.74 Å². The molecule has 5 nitrogen and oxygen atoms in total. The molecule has 0 saturated carbocycles. The van der Waals surface area contributed by atoms with Crippen molar-refractivity contribution in [2.24, 2.45) is 0 Å². The van der Waals surface area contributed by atoms with Crippen molar-refractivity contribution in [3.05, 3.63) is 29.8 Å². The largest absolute Gasteiger partial charge is 0.463 e. The summed E-state index contributed by atoms with van der Waals surface area (Å²) in [5, 5.41) is 0. The number of rotatable bonds is 2. The van der Waals surface area contributed by atoms with E-state index in [-0.39, 0.29) is 24.6 Å². The van der Waals surface area contributed by atoms with Gasteiger partial charge in [0.15, 0.2) is 0 Å². The topological polar surface area (TPSA) is 63.7 Å². The molecule has 0 unspecified atom stereocenters. The van der Waals surface area contributed by atoms with Crippen molar-refractivity contribution < 1.29 is 17.9 Å². The Morgan fingerprint density at radius 2 is 1.88 bits per heavy atom. The molecule has 1 heterocycles. The summed E-state index contributed by atoms with van der Waals surface area (Å²) in [5.74, 6) is -0.507. The van der Waals surface area contributed by atoms with Crippen LogP contribution in [0.4, 0.5) is 0 Å². The molecular formula is C11H13NO4S. The Bertz CT molecular complexity index is 521. The molecule has 1 aliphatic heterocycles. The van der Waals surface area contributed by atoms with Gasteiger partial charge in [0.05, 0.1) is 4.90 Å². The number of sulfonamides is 1. The summed E-state index contributed by atoms with van der Waals surface area (Å²) in [4.78, 5) is 11.3. The normalized spacial score (nSPS) is 17.8. The fourth-order valence-corrected chi connectivity index (χ4v) is 2.96. The van der Waals surface area contributed by atoms with Gasteiger partial charge in [-0.15, -0.1) is 0 Å². The molecule has 0 atom stereocenters. The Balaban J connectivity index is 2.29. The zero-order chi connectivity index (χ0) is 12.5. The zero-order valence-electron chi connectivity index (χ0n) is 9.42. The van der Waals surface area contributed by atoms with E-state index in [4.69, 9.17) is 4.74 Å². The zero-order valence-corrected chi connectivity index (χ0v) is 10.2. The van der Waals surface area contributed by atoms with E-state index in [1.807, 2.05) is 6.92 Å². The lowest BCUT2D eigenvalue weighted by molar-refractivity contribution is -0.147. The van der Waals surface area contributed by atoms with Gasteiger partial charge in [-0.05, 0) is 19.1 Å². The van der Waals surface area contributed by atoms with Crippen molar-refractivity contribution in [2.45, 2.75) is 11.8 Å². The molecule has 2 rings (SSSR count). The van der Waals surface area contributed by atoms with Crippen molar-refractivity contribution in [3.8, 4) is 0 Å². The number of carbonyl (C=O) groups excluding carboxylic acids is 1. The first-order chi connectivity index (χ1) is 8.00. The summed E-state index contributed by atoms with van der Waals surface area (Å²) < 4.78 is 30.2. The minimum Gasteiger partial charge on any atom is -0.463 e. The molecule has 1 aromatic rings. The number of carbonyl (C=O) groups is 1. The second-order valence-electron chi connectivity index (χ2n) is 3.87. The van der Waals surface area contributed by atoms with Crippen LogP contribution in [0.25, 0.3) is 0 Å². The highest BCUT2D eigenvalue weighted by atomic mass is 32.2. The quantitative estimate of drug-likeness (QED) is 0.724. The molecule has 1 aliphatic rings. The number of nitrogens with zero attached hydrogens (tertiary/aromatic N) is 1. The summed E-state index contributed by atoms with van der Waals surface area (Å²) in [6.07, 6.45) is 0. The minimum absolute atomic E-state index is 0.115. The molecule has 0 bridgehead atoms. The number of morpholine rings is 1. The van der Waals surface area contributed by atoms with Gasteiger partial charge in [-0.3, -0.25) is 4.79 Å². The van der Waals surface area contributed by atoms with E-state index < -0.39 is 16.0 Å². The van der Waals surface area contributed by atoms with Crippen molar-refractivity contribution in [1.29, 1.82) is 0 Å². The van der Waals surface area contributed by atoms with E-state index in [0.717, 1.165) is 9.87 Å². The Morgan fingerprint density at radius 3 is 2.47 bits per heavy atom. The van der Waals surface area contributed by atoms with E-state index in [2.05, 4.69) is 0 Å². The summed E-state index contributed by atoms with van der Waals surface area (Å²) in [6, 6.07) is 6.56. The molecule has 17 heavy (non-hydrogen) atoms. The molecule has 92 valence electrons. The molecule has 0 spiro atoms. The van der Waals surface area contributed by atoms with Gasteiger partial charge in [-0.25, -0.2) is 8.42 Å². The highest BCUT2D eigenvalue weighted by molar-refractivity contribution is 7.89. The first-order valence-electron chi connectivity index (χ1n) is 5.22. The maximum absolute atomic E-state index is 12.2. The summed E-state index contributed by atoms with van der Waals surface area (Å²) in [7, 11) is -3.58. The lowest BCUT2D eigenvalue weighted by Gasteiger charge is -2.25. The molecule has 1 saturated heterocycles. The molecule has 0 amide bonds. The van der Waals surface area contributed by atoms with E-state index in [0.29, 0.717) is 0 Å². The van der Waals surface area contributed by atoms with Crippen LogP contribution in [0.3, 0.4) is 0 Å². The predicted molar refractivity (Wildman–Crippen MR) is 60.9 cm³/mol. The highest BCUT2D eigenvalue weighted by Gasteiger charge is 2.29. The van der Waals surface area contributed by atoms with Crippen LogP contribution >= 0.6 is 0 Å². The van der Waals surface area contributed by atoms with Crippen molar-refractivity contribution in [3.63, 3.8) is 0 Å². The van der Waals surface area contributed by atoms with Crippen molar-refractivity contribution >= 4 is 16.0 Å². The number of aryl methyl sites for hydroxylation is 1. The highest BCUT2D eigenvalue weighted by Crippen LogP contribution is 2.17. The molecular weight excluding hydrogens is 242 g/mol. The fourth-order valence-electron chi connectivity index (χ4n) is 1.59. The molecule has 6 heteroatoms. The molecule has 0 N–H and O–H groups in total. The average Bonchev–Trinajstić information content (AvgIpc) is 2.29. The second-order valence-corrected chi connectivity index (χ2v) is 5.81. The summed E-state index contributed by atoms with van der Waals surface area (Å²) in [5.41, 5.74) is 0.988. The molecule has 1 fully saturated rings. The Hall–Kier alpha value is -1.40. The summed E-state index contributed by atoms with van der Waals surface area (Å²) >= 11 is 0. The minimum atomic E-state index is -3.58. The van der Waals surface area contributed by atoms with Gasteiger partial charge in [-0.1, -0.05) is 17.7 Å². The SMILES string of the molecule is Cc1ccc(S(=O)(=O)N2CCOC(=O)C2)cc1. The first-order valence-corrected chi connectivity index (χ1v) is 6.66. The van der Waals surface area contributed by atoms with Gasteiger partial charge in [0, 0.05) is 6.54 Å². The standard InChI is InChI=1S/C11H13NO4S/c1-9-2-4-10(5-3-9)17(14,15)12-6-7-16-11(13)8-12/h2-5H,6-8H2,1H3. The van der Waals surface area contributed by atoms with Crippen LogP contribution in [0.5, 0.6) is 0 Å². The van der Waals surface area contributed by atoms with E-state index in [1.165, 1.54) is 0 Å². The van der Waals surface area contributed by atoms with Crippen LogP contribution in [0.15, 0.2) is 29.2 Å². The van der Waals surface area contributed by atoms with Gasteiger partial charge in [0.1, 0.15) is 13.2 Å². The summed E-state index contributed by atoms with van der Waals surface area (Å²) in [6.45, 7) is 2.00. The number of cyclic esters (lactones) is 1. The van der Waals surface area contributed by atoms with Crippen LogP contribution < -0.4 is 0 Å². The third-order valence-electron chi connectivity index (χ3n) is 2.57. The fraction of sp³-hybridized carbons (Fsp3) is 0.364. The van der Waals surface area contributed by atoms with Crippen LogP contribution in [0, 0.1) is 6.92 Å². The van der Waals surface area contributed by atoms with Gasteiger partial charge in [-0.2, -0.15) is 4.31 Å². The third kappa shape index (κ3) is 2.48. The molecule has 0 aliphatic carbocycles. The van der Waals surface area contributed by atoms with Crippen LogP contribution in [-0.2, 0) is 19.6 Å². The van der Waals surface area contributed by atoms with Gasteiger partial charge in [0.2, 0.25) is 10.0 Å². The third-order valence-corrected chi connectivity index (χ3v) is 4.43. The number of benzene rings is 1. The smallest absolute Gasteiger partial charge is 0.321 e. The van der Waals surface area contributed by atoms with E-state index in [9.17, 15) is 13.2 Å². The monoisotopic (exact) mass is 255 g/mol. The van der Waals surface area contributed by atoms with E-state index >= 15 is 0 Å². The van der Waals surface area contributed by atoms with Crippen LogP contribution in [0.1, 0.15) is 5.56 Å². The maximum Gasteiger partial charge on any atom is 0.321 e. The number of hydrogen-bond acceptors (Lipinski definition) is 4. The van der Waals surface area contributed by atoms with E-state index in [1.54, 1.807) is 24.3 Å². The Kier molecular flexibility index (Phi) is 3.17. The number of esters is 1. The van der Waals surface area contributed by atoms with Gasteiger partial charge in [0.25, 0.3) is 0 Å². The second kappa shape index (κ2) is 4.46. The molecule has 1 aromatic carbocycles. The Morgan fingerprint density at radius 1 is 1.24 bits per heavy atom. The average molecular weight is 255 g/mol. The first kappa shape index (κ1) is 12.1. The Labute approximate surface area is 100 Å². The van der Waals surface area contributed by atoms with Crippen molar-refractivity contribution in [2.75, 3.05) is 19.7 Å². The molecule has 0 radical (unpaired) electrons. The lowest BCUT2D eigenvalue weighted by Crippen LogP contribution is -2.43. The van der Waals surface area contributed by atoms with Crippen LogP contribution in [0.2, 0.25) is 0 Å². The molecule has 0 aromatic heterocycles. The number of ether oxygens (including phenoxy) is 1. The maximum atomic E-state index is 12.2.